The number of nitrogens with zero attached hydrogens (tertiary/aromatic N) is 1. The lowest BCUT2D eigenvalue weighted by atomic mass is 9.47. The summed E-state index contributed by atoms with van der Waals surface area (Å²) in [4.78, 5) is 2.39. The van der Waals surface area contributed by atoms with Gasteiger partial charge in [0.25, 0.3) is 0 Å². The number of hydrogen-bond acceptors (Lipinski definition) is 3. The summed E-state index contributed by atoms with van der Waals surface area (Å²) in [7, 11) is 4.48. The van der Waals surface area contributed by atoms with Crippen LogP contribution in [0.15, 0.2) is 36.0 Å². The van der Waals surface area contributed by atoms with E-state index in [-0.39, 0.29) is 0 Å². The molecule has 3 heteroatoms. The van der Waals surface area contributed by atoms with Crippen molar-refractivity contribution in [1.82, 2.24) is 4.90 Å². The van der Waals surface area contributed by atoms with Crippen molar-refractivity contribution in [2.45, 2.75) is 227 Å². The monoisotopic (exact) mass is 820 g/mol. The number of hydrogen-bond donors (Lipinski definition) is 0. The van der Waals surface area contributed by atoms with E-state index in [0.717, 1.165) is 67.7 Å². The molecule has 0 heterocycles. The van der Waals surface area contributed by atoms with Crippen LogP contribution in [0.1, 0.15) is 221 Å². The zero-order valence-electron chi connectivity index (χ0n) is 40.9. The molecule has 0 amide bonds. The summed E-state index contributed by atoms with van der Waals surface area (Å²) >= 11 is 0. The van der Waals surface area contributed by atoms with Crippen molar-refractivity contribution in [3.8, 4) is 0 Å². The maximum Gasteiger partial charge on any atom is 0.0704 e. The van der Waals surface area contributed by atoms with Gasteiger partial charge in [0.1, 0.15) is 0 Å². The third-order valence-corrected chi connectivity index (χ3v) is 16.7. The molecule has 6 unspecified atom stereocenters. The molecule has 4 aliphatic rings. The summed E-state index contributed by atoms with van der Waals surface area (Å²) < 4.78 is 12.7. The molecule has 9 atom stereocenters. The highest BCUT2D eigenvalue weighted by Gasteiger charge is 2.59. The molecule has 3 nitrogen and oxygen atoms in total. The second kappa shape index (κ2) is 28.0. The van der Waals surface area contributed by atoms with Gasteiger partial charge < -0.3 is 14.4 Å². The van der Waals surface area contributed by atoms with Gasteiger partial charge in [0.2, 0.25) is 0 Å². The maximum absolute atomic E-state index is 6.53. The molecule has 0 bridgehead atoms. The predicted octanol–water partition coefficient (Wildman–Crippen LogP) is 16.4. The lowest BCUT2D eigenvalue weighted by molar-refractivity contribution is -0.0678. The second-order valence-corrected chi connectivity index (χ2v) is 22.0. The van der Waals surface area contributed by atoms with Crippen LogP contribution in [0.4, 0.5) is 0 Å². The van der Waals surface area contributed by atoms with Crippen LogP contribution < -0.4 is 0 Å². The van der Waals surface area contributed by atoms with Crippen LogP contribution in [0, 0.1) is 52.3 Å². The molecule has 0 spiro atoms. The summed E-state index contributed by atoms with van der Waals surface area (Å²) in [6.45, 7) is 18.7. The summed E-state index contributed by atoms with van der Waals surface area (Å²) in [5, 5.41) is 0. The first-order valence-electron chi connectivity index (χ1n) is 26.4. The average molecular weight is 820 g/mol. The van der Waals surface area contributed by atoms with Crippen molar-refractivity contribution in [2.24, 2.45) is 52.3 Å². The fourth-order valence-corrected chi connectivity index (χ4v) is 13.3. The Morgan fingerprint density at radius 1 is 0.695 bits per heavy atom. The SMILES string of the molecule is CCCCC/C=C\C/C=C\CCCCCCCCCCC(CCCOCCO[C@H]1CC[C@@]2(C)C(=CCC3C4CCC(C(C)CCCC(C)C)[C@@]4(C)CCC32)C1)CN(C)C. The fourth-order valence-electron chi connectivity index (χ4n) is 13.3. The average Bonchev–Trinajstić information content (AvgIpc) is 3.57. The van der Waals surface area contributed by atoms with Gasteiger partial charge in [-0.05, 0) is 169 Å². The van der Waals surface area contributed by atoms with E-state index >= 15 is 0 Å². The lowest BCUT2D eigenvalue weighted by Gasteiger charge is -2.58. The third kappa shape index (κ3) is 17.0. The quantitative estimate of drug-likeness (QED) is 0.0498. The van der Waals surface area contributed by atoms with Crippen molar-refractivity contribution in [3.63, 3.8) is 0 Å². The van der Waals surface area contributed by atoms with E-state index in [2.05, 4.69) is 90.9 Å². The Morgan fingerprint density at radius 3 is 2.10 bits per heavy atom. The third-order valence-electron chi connectivity index (χ3n) is 16.7. The summed E-state index contributed by atoms with van der Waals surface area (Å²) in [6.07, 6.45) is 50.6. The Balaban J connectivity index is 1.02. The number of fused-ring (bicyclic) bond motifs is 5. The number of rotatable bonds is 32. The largest absolute Gasteiger partial charge is 0.379 e. The Bertz CT molecular complexity index is 1190. The van der Waals surface area contributed by atoms with E-state index in [9.17, 15) is 0 Å². The molecular formula is C56H101NO2. The molecule has 0 saturated heterocycles. The van der Waals surface area contributed by atoms with Crippen LogP contribution in [0.5, 0.6) is 0 Å². The van der Waals surface area contributed by atoms with E-state index in [1.165, 1.54) is 180 Å². The van der Waals surface area contributed by atoms with Gasteiger partial charge in [0.05, 0.1) is 19.3 Å². The van der Waals surface area contributed by atoms with Crippen LogP contribution >= 0.6 is 0 Å². The maximum atomic E-state index is 6.53. The summed E-state index contributed by atoms with van der Waals surface area (Å²) in [6, 6.07) is 0. The summed E-state index contributed by atoms with van der Waals surface area (Å²) in [5.74, 6) is 6.25. The highest BCUT2D eigenvalue weighted by Crippen LogP contribution is 2.67. The van der Waals surface area contributed by atoms with Crippen LogP contribution in [0.2, 0.25) is 0 Å². The van der Waals surface area contributed by atoms with Crippen molar-refractivity contribution in [3.05, 3.63) is 36.0 Å². The minimum absolute atomic E-state index is 0.389. The van der Waals surface area contributed by atoms with Crippen molar-refractivity contribution in [1.29, 1.82) is 0 Å². The molecule has 3 saturated carbocycles. The first-order chi connectivity index (χ1) is 28.6. The molecule has 0 N–H and O–H groups in total. The van der Waals surface area contributed by atoms with Gasteiger partial charge in [0.15, 0.2) is 0 Å². The van der Waals surface area contributed by atoms with Gasteiger partial charge in [-0.2, -0.15) is 0 Å². The van der Waals surface area contributed by atoms with Crippen LogP contribution in [0.25, 0.3) is 0 Å². The highest BCUT2D eigenvalue weighted by atomic mass is 16.5. The van der Waals surface area contributed by atoms with Gasteiger partial charge in [-0.15, -0.1) is 0 Å². The predicted molar refractivity (Wildman–Crippen MR) is 258 cm³/mol. The minimum atomic E-state index is 0.389. The number of unbranched alkanes of at least 4 members (excludes halogenated alkanes) is 11. The van der Waals surface area contributed by atoms with Gasteiger partial charge in [0, 0.05) is 13.2 Å². The molecule has 0 aromatic carbocycles. The topological polar surface area (TPSA) is 21.7 Å². The zero-order valence-corrected chi connectivity index (χ0v) is 40.9. The molecule has 59 heavy (non-hydrogen) atoms. The Hall–Kier alpha value is -0.900. The Morgan fingerprint density at radius 2 is 1.39 bits per heavy atom. The highest BCUT2D eigenvalue weighted by molar-refractivity contribution is 5.25. The van der Waals surface area contributed by atoms with Gasteiger partial charge in [-0.1, -0.05) is 155 Å². The normalized spacial score (nSPS) is 29.3. The van der Waals surface area contributed by atoms with Crippen molar-refractivity contribution < 1.29 is 9.47 Å². The van der Waals surface area contributed by atoms with E-state index in [1.807, 2.05) is 0 Å². The fraction of sp³-hybridized carbons (Fsp3) is 0.893. The minimum Gasteiger partial charge on any atom is -0.379 e. The van der Waals surface area contributed by atoms with Crippen molar-refractivity contribution in [2.75, 3.05) is 40.5 Å². The van der Waals surface area contributed by atoms with Gasteiger partial charge in [-0.25, -0.2) is 0 Å². The molecule has 0 aromatic rings. The first-order valence-corrected chi connectivity index (χ1v) is 26.4. The van der Waals surface area contributed by atoms with E-state index in [0.29, 0.717) is 16.9 Å². The van der Waals surface area contributed by atoms with Crippen LogP contribution in [0.3, 0.4) is 0 Å². The van der Waals surface area contributed by atoms with E-state index < -0.39 is 0 Å². The summed E-state index contributed by atoms with van der Waals surface area (Å²) in [5.41, 5.74) is 2.75. The van der Waals surface area contributed by atoms with E-state index in [4.69, 9.17) is 9.47 Å². The molecular weight excluding hydrogens is 719 g/mol. The van der Waals surface area contributed by atoms with E-state index in [1.54, 1.807) is 5.57 Å². The smallest absolute Gasteiger partial charge is 0.0704 e. The standard InChI is InChI=1S/C56H101NO2/c1-9-10-11-12-13-14-15-16-17-18-19-20-21-22-23-24-25-26-31-48(45-57(7)8)32-28-41-58-42-43-59-50-37-39-55(5)49(44-50)33-34-51-53-36-35-52(47(4)30-27-29-46(2)3)56(53,6)40-38-54(51)55/h13-14,16-17,33,46-48,50-54H,9-12,15,18-32,34-45H2,1-8H3/b14-13-,17-16-/t47?,48?,50-,51?,52?,53?,54?,55-,56+/m0/s1. The Kier molecular flexibility index (Phi) is 24.1. The molecule has 0 radical (unpaired) electrons. The Labute approximate surface area is 369 Å². The van der Waals surface area contributed by atoms with Gasteiger partial charge >= 0.3 is 0 Å². The molecule has 4 aliphatic carbocycles. The molecule has 342 valence electrons. The first kappa shape index (κ1) is 50.7. The number of allylic oxidation sites excluding steroid dienone is 5. The van der Waals surface area contributed by atoms with Crippen LogP contribution in [-0.4, -0.2) is 51.5 Å². The molecule has 3 fully saturated rings. The van der Waals surface area contributed by atoms with Crippen molar-refractivity contribution >= 4 is 0 Å². The molecule has 4 rings (SSSR count). The molecule has 0 aromatic heterocycles. The number of ether oxygens (including phenoxy) is 2. The second-order valence-electron chi connectivity index (χ2n) is 22.0. The van der Waals surface area contributed by atoms with Gasteiger partial charge in [-0.3, -0.25) is 0 Å². The molecule has 0 aliphatic heterocycles. The van der Waals surface area contributed by atoms with Crippen LogP contribution in [-0.2, 0) is 9.47 Å². The lowest BCUT2D eigenvalue weighted by Crippen LogP contribution is -2.51. The zero-order chi connectivity index (χ0) is 42.4.